The largest absolute Gasteiger partial charge is 0.462 e. The lowest BCUT2D eigenvalue weighted by molar-refractivity contribution is -0.394. The molecule has 0 N–H and O–H groups in total. The van der Waals surface area contributed by atoms with E-state index in [2.05, 4.69) is 0 Å². The van der Waals surface area contributed by atoms with Crippen LogP contribution in [0, 0.1) is 47.4 Å². The molecule has 0 aliphatic rings. The number of non-ortho nitro benzene ring substituents is 2. The van der Waals surface area contributed by atoms with Gasteiger partial charge in [0.15, 0.2) is 0 Å². The number of carbonyl (C=O) groups is 2. The molecule has 17 nitrogen and oxygen atoms in total. The van der Waals surface area contributed by atoms with E-state index in [1.165, 1.54) is 19.2 Å². The smallest absolute Gasteiger partial charge is 0.339 e. The van der Waals surface area contributed by atoms with E-state index in [1.807, 2.05) is 0 Å². The van der Waals surface area contributed by atoms with Gasteiger partial charge in [-0.3, -0.25) is 40.5 Å². The summed E-state index contributed by atoms with van der Waals surface area (Å²) in [6.07, 6.45) is 2.84. The van der Waals surface area contributed by atoms with Crippen molar-refractivity contribution in [1.29, 1.82) is 0 Å². The molecule has 0 unspecified atom stereocenters. The molecule has 0 radical (unpaired) electrons. The number of nitrogens with zero attached hydrogens (tertiary/aromatic N) is 5. The predicted molar refractivity (Wildman–Crippen MR) is 146 cm³/mol. The summed E-state index contributed by atoms with van der Waals surface area (Å²) < 4.78 is 9.51. The molecule has 0 atom stereocenters. The number of carbonyl (C=O) groups excluding carboxylic acids is 2. The number of hydrogen-bond acceptors (Lipinski definition) is 13. The van der Waals surface area contributed by atoms with Gasteiger partial charge >= 0.3 is 11.9 Å². The average molecular weight is 580 g/mol. The van der Waals surface area contributed by atoms with Crippen LogP contribution in [0.15, 0.2) is 30.5 Å². The first-order valence-corrected chi connectivity index (χ1v) is 11.2. The molecule has 0 aliphatic heterocycles. The van der Waals surface area contributed by atoms with Crippen LogP contribution in [0.1, 0.15) is 53.1 Å². The average Bonchev–Trinajstić information content (AvgIpc) is 2.87. The van der Waals surface area contributed by atoms with Crippen LogP contribution in [0.5, 0.6) is 0 Å². The molecule has 2 aromatic rings. The Morgan fingerprint density at radius 3 is 1.56 bits per heavy atom. The van der Waals surface area contributed by atoms with Crippen molar-refractivity contribution in [2.24, 2.45) is 0 Å². The molecule has 17 heteroatoms. The van der Waals surface area contributed by atoms with Crippen molar-refractivity contribution < 1.29 is 38.8 Å². The molecule has 0 fully saturated rings. The third-order valence-electron chi connectivity index (χ3n) is 4.85. The molecule has 2 rings (SSSR count). The van der Waals surface area contributed by atoms with Gasteiger partial charge < -0.3 is 14.4 Å². The third kappa shape index (κ3) is 9.65. The van der Waals surface area contributed by atoms with Crippen molar-refractivity contribution in [2.75, 3.05) is 27.3 Å². The van der Waals surface area contributed by atoms with Crippen LogP contribution in [0.25, 0.3) is 6.08 Å². The number of benzene rings is 2. The van der Waals surface area contributed by atoms with Crippen LogP contribution in [0.3, 0.4) is 0 Å². The fourth-order valence-corrected chi connectivity index (χ4v) is 3.06. The van der Waals surface area contributed by atoms with Crippen molar-refractivity contribution in [3.8, 4) is 0 Å². The van der Waals surface area contributed by atoms with Crippen LogP contribution in [-0.2, 0) is 9.47 Å². The molecule has 0 saturated carbocycles. The van der Waals surface area contributed by atoms with Crippen LogP contribution in [0.2, 0.25) is 0 Å². The first-order valence-electron chi connectivity index (χ1n) is 11.2. The SMILES string of the molecule is C.CCOC(=O)c1cc([N+](=O)[O-])cc([N+](=O)[O-])c1/C=C/N(C)C.CCOC(=O)c1cc([N+](=O)[O-])cc([N+](=O)[O-])c1C. The Morgan fingerprint density at radius 2 is 1.17 bits per heavy atom. The maximum atomic E-state index is 11.9. The van der Waals surface area contributed by atoms with Gasteiger partial charge in [-0.25, -0.2) is 9.59 Å². The molecule has 0 aliphatic carbocycles. The number of esters is 2. The molecule has 0 aromatic heterocycles. The first kappa shape index (κ1) is 35.5. The van der Waals surface area contributed by atoms with Crippen molar-refractivity contribution in [2.45, 2.75) is 28.2 Å². The highest BCUT2D eigenvalue weighted by atomic mass is 16.6. The van der Waals surface area contributed by atoms with Crippen LogP contribution in [0.4, 0.5) is 22.7 Å². The van der Waals surface area contributed by atoms with E-state index in [1.54, 1.807) is 32.8 Å². The fraction of sp³-hybridized carbons (Fsp3) is 0.333. The molecule has 0 saturated heterocycles. The lowest BCUT2D eigenvalue weighted by atomic mass is 10.0. The van der Waals surface area contributed by atoms with E-state index >= 15 is 0 Å². The topological polar surface area (TPSA) is 228 Å². The van der Waals surface area contributed by atoms with Gasteiger partial charge in [0.2, 0.25) is 0 Å². The van der Waals surface area contributed by atoms with Crippen molar-refractivity contribution >= 4 is 40.8 Å². The highest BCUT2D eigenvalue weighted by molar-refractivity contribution is 5.96. The molecule has 0 spiro atoms. The summed E-state index contributed by atoms with van der Waals surface area (Å²) in [4.78, 5) is 65.4. The Morgan fingerprint density at radius 1 is 0.756 bits per heavy atom. The Bertz CT molecular complexity index is 1370. The highest BCUT2D eigenvalue weighted by Crippen LogP contribution is 2.31. The van der Waals surface area contributed by atoms with Gasteiger partial charge in [-0.1, -0.05) is 7.43 Å². The Kier molecular flexibility index (Phi) is 13.7. The van der Waals surface area contributed by atoms with Crippen LogP contribution >= 0.6 is 0 Å². The molecule has 41 heavy (non-hydrogen) atoms. The monoisotopic (exact) mass is 579 g/mol. The number of nitro benzene ring substituents is 4. The summed E-state index contributed by atoms with van der Waals surface area (Å²) in [5.74, 6) is -1.67. The normalized spacial score (nSPS) is 9.98. The molecule has 222 valence electrons. The summed E-state index contributed by atoms with van der Waals surface area (Å²) in [7, 11) is 3.38. The fourth-order valence-electron chi connectivity index (χ4n) is 3.06. The molecule has 0 amide bonds. The maximum absolute atomic E-state index is 11.9. The third-order valence-corrected chi connectivity index (χ3v) is 4.85. The lowest BCUT2D eigenvalue weighted by Crippen LogP contribution is -2.10. The van der Waals surface area contributed by atoms with Gasteiger partial charge in [0.05, 0.1) is 61.7 Å². The summed E-state index contributed by atoms with van der Waals surface area (Å²) in [6, 6.07) is 3.58. The minimum Gasteiger partial charge on any atom is -0.462 e. The summed E-state index contributed by atoms with van der Waals surface area (Å²) in [6.45, 7) is 4.60. The minimum atomic E-state index is -0.854. The molecular formula is C24H29N5O12. The second-order valence-electron chi connectivity index (χ2n) is 7.81. The maximum Gasteiger partial charge on any atom is 0.339 e. The van der Waals surface area contributed by atoms with E-state index in [-0.39, 0.29) is 42.9 Å². The van der Waals surface area contributed by atoms with Gasteiger partial charge in [0, 0.05) is 31.8 Å². The zero-order valence-corrected chi connectivity index (χ0v) is 22.0. The molecule has 0 bridgehead atoms. The minimum absolute atomic E-state index is 0. The van der Waals surface area contributed by atoms with E-state index in [4.69, 9.17) is 9.47 Å². The van der Waals surface area contributed by atoms with E-state index in [9.17, 15) is 50.0 Å². The standard InChI is InChI=1S/C13H15N3O6.C10H10N2O6.CH4/c1-4-22-13(17)11-7-9(15(18)19)8-12(16(20)21)10(11)5-6-14(2)3;1-3-18-10(13)8-4-7(11(14)15)5-9(6(8)2)12(16)17;/h5-8H,4H2,1-3H3;4-5H,3H2,1-2H3;1H4/b6-5+;;. The number of nitro groups is 4. The van der Waals surface area contributed by atoms with Gasteiger partial charge in [-0.05, 0) is 33.0 Å². The van der Waals surface area contributed by atoms with E-state index in [0.29, 0.717) is 0 Å². The highest BCUT2D eigenvalue weighted by Gasteiger charge is 2.27. The second kappa shape index (κ2) is 15.8. The van der Waals surface area contributed by atoms with Gasteiger partial charge in [-0.15, -0.1) is 0 Å². The number of hydrogen-bond donors (Lipinski definition) is 0. The van der Waals surface area contributed by atoms with E-state index < -0.39 is 54.4 Å². The van der Waals surface area contributed by atoms with Crippen molar-refractivity contribution in [3.05, 3.63) is 93.2 Å². The number of rotatable bonds is 10. The van der Waals surface area contributed by atoms with Gasteiger partial charge in [-0.2, -0.15) is 0 Å². The van der Waals surface area contributed by atoms with Crippen LogP contribution in [-0.4, -0.2) is 63.8 Å². The summed E-state index contributed by atoms with van der Waals surface area (Å²) in [5, 5.41) is 43.5. The molecular weight excluding hydrogens is 550 g/mol. The van der Waals surface area contributed by atoms with Crippen LogP contribution < -0.4 is 0 Å². The van der Waals surface area contributed by atoms with E-state index in [0.717, 1.165) is 24.3 Å². The van der Waals surface area contributed by atoms with Crippen molar-refractivity contribution in [1.82, 2.24) is 4.90 Å². The Labute approximate surface area is 233 Å². The zero-order valence-electron chi connectivity index (χ0n) is 22.0. The van der Waals surface area contributed by atoms with Crippen molar-refractivity contribution in [3.63, 3.8) is 0 Å². The number of ether oxygens (including phenoxy) is 2. The predicted octanol–water partition coefficient (Wildman–Crippen LogP) is 4.84. The quantitative estimate of drug-likeness (QED) is 0.209. The zero-order chi connectivity index (χ0) is 30.7. The first-order chi connectivity index (χ1) is 18.7. The Balaban J connectivity index is 0.000000776. The summed E-state index contributed by atoms with van der Waals surface area (Å²) in [5.41, 5.74) is -2.46. The second-order valence-corrected chi connectivity index (χ2v) is 7.81. The molecule has 0 heterocycles. The van der Waals surface area contributed by atoms with Gasteiger partial charge in [0.25, 0.3) is 22.7 Å². The van der Waals surface area contributed by atoms with Gasteiger partial charge in [0.1, 0.15) is 0 Å². The Hall–Kier alpha value is -5.48. The lowest BCUT2D eigenvalue weighted by Gasteiger charge is -2.08. The summed E-state index contributed by atoms with van der Waals surface area (Å²) >= 11 is 0. The molecule has 2 aromatic carbocycles.